The fraction of sp³-hybridized carbons (Fsp3) is 0.182. The lowest BCUT2D eigenvalue weighted by atomic mass is 10.2. The Kier molecular flexibility index (Phi) is 3.58. The van der Waals surface area contributed by atoms with Crippen molar-refractivity contribution in [2.24, 2.45) is 0 Å². The number of alkyl halides is 3. The largest absolute Gasteiger partial charge is 0.436 e. The number of halogens is 3. The molecular weight excluding hydrogens is 291 g/mol. The second-order valence-corrected chi connectivity index (χ2v) is 3.98. The predicted octanol–water partition coefficient (Wildman–Crippen LogP) is 2.13. The molecule has 0 spiro atoms. The first kappa shape index (κ1) is 14.4. The first-order valence-corrected chi connectivity index (χ1v) is 5.47. The van der Waals surface area contributed by atoms with Crippen LogP contribution in [0.3, 0.4) is 0 Å². The molecule has 0 aliphatic carbocycles. The molecule has 0 aliphatic heterocycles. The molecule has 0 aliphatic rings. The average molecular weight is 297 g/mol. The Bertz CT molecular complexity index is 715. The Labute approximate surface area is 115 Å². The minimum Gasteiger partial charge on any atom is -0.258 e. The summed E-state index contributed by atoms with van der Waals surface area (Å²) in [4.78, 5) is 9.87. The summed E-state index contributed by atoms with van der Waals surface area (Å²) in [5.74, 6) is 0. The maximum atomic E-state index is 12.9. The summed E-state index contributed by atoms with van der Waals surface area (Å²) >= 11 is 0. The van der Waals surface area contributed by atoms with Crippen molar-refractivity contribution in [2.75, 3.05) is 0 Å². The SMILES string of the molecule is N#Cc1nnn(Cc2ccc([N+](=O)[O-])cc2)c1C(F)(F)F. The highest BCUT2D eigenvalue weighted by Crippen LogP contribution is 2.31. The van der Waals surface area contributed by atoms with Gasteiger partial charge in [-0.2, -0.15) is 18.4 Å². The fourth-order valence-corrected chi connectivity index (χ4v) is 1.68. The standard InChI is InChI=1S/C11H6F3N5O2/c12-11(13,14)10-9(5-15)16-17-18(10)6-7-1-3-8(4-2-7)19(20)21/h1-4H,6H2. The van der Waals surface area contributed by atoms with E-state index in [0.717, 1.165) is 0 Å². The van der Waals surface area contributed by atoms with Crippen LogP contribution < -0.4 is 0 Å². The highest BCUT2D eigenvalue weighted by atomic mass is 19.4. The first-order chi connectivity index (χ1) is 9.82. The van der Waals surface area contributed by atoms with E-state index in [2.05, 4.69) is 10.3 Å². The molecule has 0 radical (unpaired) electrons. The number of nitriles is 1. The molecule has 0 saturated heterocycles. The van der Waals surface area contributed by atoms with Crippen LogP contribution in [0.25, 0.3) is 0 Å². The normalized spacial score (nSPS) is 11.1. The lowest BCUT2D eigenvalue weighted by Crippen LogP contribution is -2.16. The third-order valence-electron chi connectivity index (χ3n) is 2.59. The van der Waals surface area contributed by atoms with E-state index in [0.29, 0.717) is 10.2 Å². The van der Waals surface area contributed by atoms with Gasteiger partial charge in [0, 0.05) is 12.1 Å². The van der Waals surface area contributed by atoms with Crippen LogP contribution in [0.15, 0.2) is 24.3 Å². The Balaban J connectivity index is 2.34. The summed E-state index contributed by atoms with van der Waals surface area (Å²) in [6.45, 7) is -0.304. The van der Waals surface area contributed by atoms with E-state index in [9.17, 15) is 23.3 Å². The van der Waals surface area contributed by atoms with Gasteiger partial charge in [0.25, 0.3) is 5.69 Å². The number of hydrogen-bond acceptors (Lipinski definition) is 5. The number of nitro benzene ring substituents is 1. The first-order valence-electron chi connectivity index (χ1n) is 5.47. The van der Waals surface area contributed by atoms with Crippen molar-refractivity contribution in [1.29, 1.82) is 5.26 Å². The van der Waals surface area contributed by atoms with Gasteiger partial charge in [0.2, 0.25) is 0 Å². The van der Waals surface area contributed by atoms with E-state index < -0.39 is 22.5 Å². The monoisotopic (exact) mass is 297 g/mol. The summed E-state index contributed by atoms with van der Waals surface area (Å²) in [6, 6.07) is 6.29. The number of nitro groups is 1. The van der Waals surface area contributed by atoms with Crippen LogP contribution in [0.2, 0.25) is 0 Å². The zero-order chi connectivity index (χ0) is 15.6. The third-order valence-corrected chi connectivity index (χ3v) is 2.59. The van der Waals surface area contributed by atoms with E-state index in [1.54, 1.807) is 0 Å². The maximum Gasteiger partial charge on any atom is 0.436 e. The van der Waals surface area contributed by atoms with Gasteiger partial charge in [0.1, 0.15) is 6.07 Å². The van der Waals surface area contributed by atoms with Crippen LogP contribution >= 0.6 is 0 Å². The number of aromatic nitrogens is 3. The molecule has 10 heteroatoms. The molecule has 1 aromatic carbocycles. The van der Waals surface area contributed by atoms with E-state index in [1.807, 2.05) is 0 Å². The summed E-state index contributed by atoms with van der Waals surface area (Å²) in [5.41, 5.74) is -1.88. The molecule has 0 saturated carbocycles. The topological polar surface area (TPSA) is 97.6 Å². The fourth-order valence-electron chi connectivity index (χ4n) is 1.68. The van der Waals surface area contributed by atoms with Crippen molar-refractivity contribution in [3.63, 3.8) is 0 Å². The van der Waals surface area contributed by atoms with Gasteiger partial charge in [-0.15, -0.1) is 5.10 Å². The molecule has 21 heavy (non-hydrogen) atoms. The van der Waals surface area contributed by atoms with Gasteiger partial charge in [-0.05, 0) is 5.56 Å². The van der Waals surface area contributed by atoms with Crippen molar-refractivity contribution in [3.8, 4) is 6.07 Å². The molecular formula is C11H6F3N5O2. The Morgan fingerprint density at radius 3 is 2.43 bits per heavy atom. The van der Waals surface area contributed by atoms with Crippen molar-refractivity contribution in [2.45, 2.75) is 12.7 Å². The summed E-state index contributed by atoms with van der Waals surface area (Å²) in [7, 11) is 0. The average Bonchev–Trinajstić information content (AvgIpc) is 2.82. The number of rotatable bonds is 3. The maximum absolute atomic E-state index is 12.9. The van der Waals surface area contributed by atoms with Crippen molar-refractivity contribution < 1.29 is 18.1 Å². The zero-order valence-corrected chi connectivity index (χ0v) is 10.2. The molecule has 0 atom stereocenters. The highest BCUT2D eigenvalue weighted by Gasteiger charge is 2.39. The zero-order valence-electron chi connectivity index (χ0n) is 10.2. The second kappa shape index (κ2) is 5.20. The Morgan fingerprint density at radius 1 is 1.33 bits per heavy atom. The predicted molar refractivity (Wildman–Crippen MR) is 61.9 cm³/mol. The quantitative estimate of drug-likeness (QED) is 0.638. The smallest absolute Gasteiger partial charge is 0.258 e. The van der Waals surface area contributed by atoms with Gasteiger partial charge in [-0.3, -0.25) is 10.1 Å². The van der Waals surface area contributed by atoms with Crippen LogP contribution in [-0.2, 0) is 12.7 Å². The molecule has 1 aromatic heterocycles. The Hall–Kier alpha value is -2.96. The minimum absolute atomic E-state index is 0.175. The summed E-state index contributed by atoms with van der Waals surface area (Å²) in [6.07, 6.45) is -4.77. The molecule has 0 bridgehead atoms. The van der Waals surface area contributed by atoms with Crippen LogP contribution in [0.1, 0.15) is 17.0 Å². The van der Waals surface area contributed by atoms with E-state index in [-0.39, 0.29) is 12.2 Å². The van der Waals surface area contributed by atoms with Gasteiger partial charge in [-0.25, -0.2) is 4.68 Å². The lowest BCUT2D eigenvalue weighted by Gasteiger charge is -2.09. The van der Waals surface area contributed by atoms with E-state index in [4.69, 9.17) is 5.26 Å². The molecule has 2 rings (SSSR count). The molecule has 7 nitrogen and oxygen atoms in total. The molecule has 1 heterocycles. The number of nitrogens with zero attached hydrogens (tertiary/aromatic N) is 5. The number of hydrogen-bond donors (Lipinski definition) is 0. The van der Waals surface area contributed by atoms with Crippen LogP contribution in [0.5, 0.6) is 0 Å². The van der Waals surface area contributed by atoms with E-state index >= 15 is 0 Å². The van der Waals surface area contributed by atoms with Crippen molar-refractivity contribution in [1.82, 2.24) is 15.0 Å². The van der Waals surface area contributed by atoms with Crippen LogP contribution in [0, 0.1) is 21.4 Å². The van der Waals surface area contributed by atoms with Gasteiger partial charge >= 0.3 is 6.18 Å². The molecule has 108 valence electrons. The Morgan fingerprint density at radius 2 is 1.95 bits per heavy atom. The number of non-ortho nitro benzene ring substituents is 1. The van der Waals surface area contributed by atoms with Crippen molar-refractivity contribution >= 4 is 5.69 Å². The van der Waals surface area contributed by atoms with Crippen molar-refractivity contribution in [3.05, 3.63) is 51.3 Å². The van der Waals surface area contributed by atoms with Gasteiger partial charge in [0.15, 0.2) is 11.4 Å². The molecule has 0 fully saturated rings. The minimum atomic E-state index is -4.77. The molecule has 2 aromatic rings. The summed E-state index contributed by atoms with van der Waals surface area (Å²) in [5, 5.41) is 25.6. The van der Waals surface area contributed by atoms with Crippen LogP contribution in [-0.4, -0.2) is 19.9 Å². The summed E-state index contributed by atoms with van der Waals surface area (Å²) < 4.78 is 39.1. The molecule has 0 amide bonds. The molecule has 0 unspecified atom stereocenters. The lowest BCUT2D eigenvalue weighted by molar-refractivity contribution is -0.384. The number of benzene rings is 1. The highest BCUT2D eigenvalue weighted by molar-refractivity contribution is 5.33. The third kappa shape index (κ3) is 2.97. The van der Waals surface area contributed by atoms with E-state index in [1.165, 1.54) is 30.3 Å². The van der Waals surface area contributed by atoms with Gasteiger partial charge < -0.3 is 0 Å². The van der Waals surface area contributed by atoms with Crippen LogP contribution in [0.4, 0.5) is 18.9 Å². The van der Waals surface area contributed by atoms with Gasteiger partial charge in [0.05, 0.1) is 11.5 Å². The van der Waals surface area contributed by atoms with Gasteiger partial charge in [-0.1, -0.05) is 17.3 Å². The second-order valence-electron chi connectivity index (χ2n) is 3.98. The molecule has 0 N–H and O–H groups in total.